The van der Waals surface area contributed by atoms with Gasteiger partial charge in [0.2, 0.25) is 5.96 Å². The summed E-state index contributed by atoms with van der Waals surface area (Å²) in [7, 11) is 1.64. The lowest BCUT2D eigenvalue weighted by Gasteiger charge is -2.09. The van der Waals surface area contributed by atoms with Gasteiger partial charge in [0, 0.05) is 12.8 Å². The summed E-state index contributed by atoms with van der Waals surface area (Å²) >= 11 is 0. The maximum absolute atomic E-state index is 5.36. The van der Waals surface area contributed by atoms with Crippen LogP contribution in [0.5, 0.6) is 0 Å². The molecule has 0 aliphatic heterocycles. The van der Waals surface area contributed by atoms with Gasteiger partial charge in [0.05, 0.1) is 13.2 Å². The van der Waals surface area contributed by atoms with Crippen molar-refractivity contribution >= 4 is 11.6 Å². The van der Waals surface area contributed by atoms with Gasteiger partial charge >= 0.3 is 0 Å². The van der Waals surface area contributed by atoms with Gasteiger partial charge in [-0.2, -0.15) is 0 Å². The number of rotatable bonds is 4. The first kappa shape index (κ1) is 12.5. The van der Waals surface area contributed by atoms with Crippen LogP contribution in [-0.2, 0) is 4.74 Å². The van der Waals surface area contributed by atoms with E-state index in [9.17, 15) is 0 Å². The van der Waals surface area contributed by atoms with Gasteiger partial charge in [-0.1, -0.05) is 12.1 Å². The fourth-order valence-corrected chi connectivity index (χ4v) is 1.23. The van der Waals surface area contributed by atoms with Gasteiger partial charge in [0.25, 0.3) is 0 Å². The molecule has 16 heavy (non-hydrogen) atoms. The van der Waals surface area contributed by atoms with Gasteiger partial charge in [-0.25, -0.2) is 10.8 Å². The Morgan fingerprint density at radius 2 is 2.31 bits per heavy atom. The third kappa shape index (κ3) is 4.29. The Morgan fingerprint density at radius 1 is 1.50 bits per heavy atom. The van der Waals surface area contributed by atoms with Crippen LogP contribution in [-0.4, -0.2) is 26.2 Å². The zero-order valence-electron chi connectivity index (χ0n) is 9.66. The molecule has 4 N–H and O–H groups in total. The topological polar surface area (TPSA) is 71.7 Å². The summed E-state index contributed by atoms with van der Waals surface area (Å²) in [5.74, 6) is 5.89. The molecule has 0 bridgehead atoms. The lowest BCUT2D eigenvalue weighted by atomic mass is 10.2. The zero-order valence-corrected chi connectivity index (χ0v) is 9.66. The molecule has 1 aromatic carbocycles. The number of nitrogens with one attached hydrogen (secondary N) is 2. The van der Waals surface area contributed by atoms with E-state index in [0.717, 1.165) is 5.69 Å². The van der Waals surface area contributed by atoms with Crippen LogP contribution in [0.15, 0.2) is 29.3 Å². The number of hydrogen-bond donors (Lipinski definition) is 3. The molecule has 0 aliphatic carbocycles. The Bertz CT molecular complexity index is 352. The number of guanidine groups is 1. The molecule has 0 unspecified atom stereocenters. The minimum absolute atomic E-state index is 0.530. The third-order valence-corrected chi connectivity index (χ3v) is 1.98. The highest BCUT2D eigenvalue weighted by molar-refractivity contribution is 5.93. The number of benzene rings is 1. The molecule has 5 nitrogen and oxygen atoms in total. The summed E-state index contributed by atoms with van der Waals surface area (Å²) in [6.07, 6.45) is 0. The van der Waals surface area contributed by atoms with Crippen molar-refractivity contribution in [1.82, 2.24) is 5.43 Å². The standard InChI is InChI=1S/C11H18N4O/c1-9-4-3-5-10(8-9)14-11(15-12)13-6-7-16-2/h3-5,8H,6-7,12H2,1-2H3,(H2,13,14,15). The van der Waals surface area contributed by atoms with Crippen LogP contribution in [0.25, 0.3) is 0 Å². The van der Waals surface area contributed by atoms with Gasteiger partial charge in [-0.15, -0.1) is 0 Å². The molecule has 1 rings (SSSR count). The van der Waals surface area contributed by atoms with Crippen LogP contribution in [0.1, 0.15) is 5.56 Å². The fourth-order valence-electron chi connectivity index (χ4n) is 1.23. The summed E-state index contributed by atoms with van der Waals surface area (Å²) in [6.45, 7) is 3.16. The van der Waals surface area contributed by atoms with Crippen molar-refractivity contribution in [2.75, 3.05) is 25.6 Å². The number of nitrogens with zero attached hydrogens (tertiary/aromatic N) is 1. The molecule has 0 amide bonds. The van der Waals surface area contributed by atoms with Crippen molar-refractivity contribution in [3.63, 3.8) is 0 Å². The van der Waals surface area contributed by atoms with E-state index in [1.807, 2.05) is 31.2 Å². The molecule has 0 saturated heterocycles. The molecular weight excluding hydrogens is 204 g/mol. The van der Waals surface area contributed by atoms with Crippen molar-refractivity contribution in [1.29, 1.82) is 0 Å². The average Bonchev–Trinajstić information content (AvgIpc) is 2.28. The molecule has 0 fully saturated rings. The number of aryl methyl sites for hydroxylation is 1. The highest BCUT2D eigenvalue weighted by Gasteiger charge is 1.97. The van der Waals surface area contributed by atoms with E-state index in [2.05, 4.69) is 15.7 Å². The normalized spacial score (nSPS) is 11.3. The Balaban J connectivity index is 2.59. The lowest BCUT2D eigenvalue weighted by molar-refractivity contribution is 0.208. The predicted molar refractivity (Wildman–Crippen MR) is 66.3 cm³/mol. The van der Waals surface area contributed by atoms with Crippen molar-refractivity contribution < 1.29 is 4.74 Å². The molecule has 0 saturated carbocycles. The van der Waals surface area contributed by atoms with E-state index in [4.69, 9.17) is 10.6 Å². The number of hydrogen-bond acceptors (Lipinski definition) is 3. The Morgan fingerprint density at radius 3 is 2.94 bits per heavy atom. The summed E-state index contributed by atoms with van der Waals surface area (Å²) in [5, 5.41) is 3.09. The quantitative estimate of drug-likeness (QED) is 0.232. The van der Waals surface area contributed by atoms with Crippen molar-refractivity contribution in [3.05, 3.63) is 29.8 Å². The number of methoxy groups -OCH3 is 1. The van der Waals surface area contributed by atoms with Gasteiger partial charge < -0.3 is 10.1 Å². The summed E-state index contributed by atoms with van der Waals surface area (Å²) < 4.78 is 4.90. The molecule has 0 atom stereocenters. The van der Waals surface area contributed by atoms with Crippen LogP contribution in [0.4, 0.5) is 5.69 Å². The van der Waals surface area contributed by atoms with E-state index in [-0.39, 0.29) is 0 Å². The molecule has 0 heterocycles. The minimum atomic E-state index is 0.530. The molecule has 0 aromatic heterocycles. The maximum atomic E-state index is 5.36. The van der Waals surface area contributed by atoms with Gasteiger partial charge in [0.15, 0.2) is 0 Å². The smallest absolute Gasteiger partial charge is 0.210 e. The molecule has 0 radical (unpaired) electrons. The number of hydrazine groups is 1. The maximum Gasteiger partial charge on any atom is 0.210 e. The number of nitrogens with two attached hydrogens (primary N) is 1. The van der Waals surface area contributed by atoms with Crippen LogP contribution >= 0.6 is 0 Å². The van der Waals surface area contributed by atoms with Crippen LogP contribution in [0.3, 0.4) is 0 Å². The number of aliphatic imine (C=N–C) groups is 1. The third-order valence-electron chi connectivity index (χ3n) is 1.98. The van der Waals surface area contributed by atoms with Crippen molar-refractivity contribution in [2.24, 2.45) is 10.8 Å². The molecule has 1 aromatic rings. The number of anilines is 1. The fraction of sp³-hybridized carbons (Fsp3) is 0.364. The first-order valence-corrected chi connectivity index (χ1v) is 5.10. The monoisotopic (exact) mass is 222 g/mol. The van der Waals surface area contributed by atoms with Gasteiger partial charge in [-0.3, -0.25) is 5.43 Å². The lowest BCUT2D eigenvalue weighted by Crippen LogP contribution is -2.36. The van der Waals surface area contributed by atoms with E-state index >= 15 is 0 Å². The summed E-state index contributed by atoms with van der Waals surface area (Å²) in [4.78, 5) is 4.20. The van der Waals surface area contributed by atoms with Crippen LogP contribution in [0, 0.1) is 6.92 Å². The van der Waals surface area contributed by atoms with E-state index in [1.165, 1.54) is 5.56 Å². The second-order valence-corrected chi connectivity index (χ2v) is 3.36. The Labute approximate surface area is 95.7 Å². The second-order valence-electron chi connectivity index (χ2n) is 3.36. The van der Waals surface area contributed by atoms with Crippen molar-refractivity contribution in [2.45, 2.75) is 6.92 Å². The summed E-state index contributed by atoms with van der Waals surface area (Å²) in [6, 6.07) is 7.98. The van der Waals surface area contributed by atoms with E-state index in [0.29, 0.717) is 19.1 Å². The highest BCUT2D eigenvalue weighted by Crippen LogP contribution is 2.08. The van der Waals surface area contributed by atoms with Gasteiger partial charge in [-0.05, 0) is 24.6 Å². The zero-order chi connectivity index (χ0) is 11.8. The average molecular weight is 222 g/mol. The van der Waals surface area contributed by atoms with Gasteiger partial charge in [0.1, 0.15) is 0 Å². The minimum Gasteiger partial charge on any atom is -0.383 e. The van der Waals surface area contributed by atoms with Crippen LogP contribution in [0.2, 0.25) is 0 Å². The largest absolute Gasteiger partial charge is 0.383 e. The second kappa shape index (κ2) is 6.81. The Hall–Kier alpha value is -1.59. The van der Waals surface area contributed by atoms with E-state index in [1.54, 1.807) is 7.11 Å². The van der Waals surface area contributed by atoms with Crippen LogP contribution < -0.4 is 16.6 Å². The predicted octanol–water partition coefficient (Wildman–Crippen LogP) is 0.873. The molecule has 88 valence electrons. The molecule has 0 aliphatic rings. The highest BCUT2D eigenvalue weighted by atomic mass is 16.5. The van der Waals surface area contributed by atoms with Crippen molar-refractivity contribution in [3.8, 4) is 0 Å². The van der Waals surface area contributed by atoms with E-state index < -0.39 is 0 Å². The molecular formula is C11H18N4O. The Kier molecular flexibility index (Phi) is 5.31. The first-order valence-electron chi connectivity index (χ1n) is 5.10. The molecule has 5 heteroatoms. The molecule has 0 spiro atoms. The summed E-state index contributed by atoms with van der Waals surface area (Å²) in [5.41, 5.74) is 4.64. The SMILES string of the molecule is COCCN=C(NN)Nc1cccc(C)c1. The number of ether oxygens (including phenoxy) is 1. The first-order chi connectivity index (χ1) is 7.76.